The minimum atomic E-state index is -0.941. The molecule has 1 spiro atoms. The Morgan fingerprint density at radius 1 is 1.24 bits per heavy atom. The molecule has 4 rings (SSSR count). The summed E-state index contributed by atoms with van der Waals surface area (Å²) in [5.74, 6) is 0.465. The molecule has 1 atom stereocenters. The molecule has 1 N–H and O–H groups in total. The molecule has 1 saturated heterocycles. The van der Waals surface area contributed by atoms with Gasteiger partial charge in [0.2, 0.25) is 0 Å². The van der Waals surface area contributed by atoms with Crippen LogP contribution in [0.3, 0.4) is 0 Å². The fraction of sp³-hybridized carbons (Fsp3) is 0.421. The number of hydrogen-bond donors (Lipinski definition) is 1. The molecule has 2 aliphatic rings. The van der Waals surface area contributed by atoms with Crippen LogP contribution >= 0.6 is 0 Å². The van der Waals surface area contributed by atoms with E-state index in [0.29, 0.717) is 17.9 Å². The molecule has 3 amide bonds. The summed E-state index contributed by atoms with van der Waals surface area (Å²) in [6.45, 7) is 3.81. The summed E-state index contributed by atoms with van der Waals surface area (Å²) in [6, 6.07) is 7.60. The van der Waals surface area contributed by atoms with Crippen LogP contribution in [0.15, 0.2) is 28.8 Å². The Labute approximate surface area is 146 Å². The van der Waals surface area contributed by atoms with Crippen LogP contribution < -0.4 is 5.32 Å². The number of aromatic nitrogens is 1. The van der Waals surface area contributed by atoms with Gasteiger partial charge in [0, 0.05) is 5.56 Å². The second-order valence-electron chi connectivity index (χ2n) is 6.89. The van der Waals surface area contributed by atoms with E-state index in [1.807, 2.05) is 25.1 Å². The van der Waals surface area contributed by atoms with Crippen LogP contribution in [0.5, 0.6) is 0 Å². The molecule has 1 aromatic heterocycles. The number of carbonyl (C=O) groups is 2. The number of carbonyl (C=O) groups excluding carboxylic acids is 2. The molecule has 0 bridgehead atoms. The molecule has 1 fully saturated rings. The largest absolute Gasteiger partial charge is 0.361 e. The first-order chi connectivity index (χ1) is 12.0. The number of benzene rings is 1. The fourth-order valence-corrected chi connectivity index (χ4v) is 4.00. The second-order valence-corrected chi connectivity index (χ2v) is 6.89. The second kappa shape index (κ2) is 5.72. The Morgan fingerprint density at radius 2 is 2.04 bits per heavy atom. The lowest BCUT2D eigenvalue weighted by atomic mass is 9.84. The van der Waals surface area contributed by atoms with Crippen LogP contribution in [0.25, 0.3) is 0 Å². The Balaban J connectivity index is 1.74. The van der Waals surface area contributed by atoms with Crippen LogP contribution in [-0.4, -0.2) is 22.0 Å². The Hall–Kier alpha value is -2.63. The summed E-state index contributed by atoms with van der Waals surface area (Å²) in [5.41, 5.74) is 2.64. The molecule has 0 unspecified atom stereocenters. The molecule has 2 heterocycles. The lowest BCUT2D eigenvalue weighted by molar-refractivity contribution is -0.132. The van der Waals surface area contributed by atoms with Gasteiger partial charge in [-0.05, 0) is 50.7 Å². The molecule has 1 aliphatic heterocycles. The van der Waals surface area contributed by atoms with Gasteiger partial charge < -0.3 is 9.84 Å². The van der Waals surface area contributed by atoms with Crippen molar-refractivity contribution in [2.75, 3.05) is 0 Å². The Kier molecular flexibility index (Phi) is 3.63. The van der Waals surface area contributed by atoms with Gasteiger partial charge in [-0.3, -0.25) is 9.69 Å². The van der Waals surface area contributed by atoms with Crippen LogP contribution in [-0.2, 0) is 23.3 Å². The van der Waals surface area contributed by atoms with Crippen molar-refractivity contribution >= 4 is 11.9 Å². The highest BCUT2D eigenvalue weighted by molar-refractivity contribution is 6.07. The van der Waals surface area contributed by atoms with Crippen LogP contribution in [0.2, 0.25) is 0 Å². The maximum absolute atomic E-state index is 13.3. The lowest BCUT2D eigenvalue weighted by Gasteiger charge is -2.27. The van der Waals surface area contributed by atoms with E-state index in [0.717, 1.165) is 36.0 Å². The summed E-state index contributed by atoms with van der Waals surface area (Å²) < 4.78 is 5.17. The van der Waals surface area contributed by atoms with Crippen molar-refractivity contribution in [2.45, 2.75) is 51.6 Å². The van der Waals surface area contributed by atoms with Gasteiger partial charge in [-0.25, -0.2) is 4.79 Å². The number of imide groups is 1. The van der Waals surface area contributed by atoms with E-state index in [2.05, 4.69) is 16.5 Å². The first-order valence-electron chi connectivity index (χ1n) is 8.67. The average Bonchev–Trinajstić information content (AvgIpc) is 2.95. The molecule has 1 aliphatic carbocycles. The summed E-state index contributed by atoms with van der Waals surface area (Å²) in [6.07, 6.45) is 3.49. The smallest absolute Gasteiger partial charge is 0.325 e. The van der Waals surface area contributed by atoms with Gasteiger partial charge in [-0.2, -0.15) is 0 Å². The molecular weight excluding hydrogens is 318 g/mol. The zero-order valence-electron chi connectivity index (χ0n) is 14.5. The molecule has 130 valence electrons. The van der Waals surface area contributed by atoms with Crippen molar-refractivity contribution in [3.05, 3.63) is 52.4 Å². The first kappa shape index (κ1) is 15.9. The van der Waals surface area contributed by atoms with E-state index < -0.39 is 5.54 Å². The quantitative estimate of drug-likeness (QED) is 0.854. The normalized spacial score (nSPS) is 22.9. The maximum Gasteiger partial charge on any atom is 0.325 e. The predicted molar refractivity (Wildman–Crippen MR) is 90.7 cm³/mol. The zero-order valence-corrected chi connectivity index (χ0v) is 14.5. The van der Waals surface area contributed by atoms with Gasteiger partial charge in [-0.1, -0.05) is 29.4 Å². The Bertz CT molecular complexity index is 838. The number of aryl methyl sites for hydroxylation is 3. The van der Waals surface area contributed by atoms with Crippen molar-refractivity contribution in [1.29, 1.82) is 0 Å². The Morgan fingerprint density at radius 3 is 2.80 bits per heavy atom. The van der Waals surface area contributed by atoms with Gasteiger partial charge in [0.1, 0.15) is 11.3 Å². The molecule has 6 heteroatoms. The maximum atomic E-state index is 13.3. The van der Waals surface area contributed by atoms with Crippen LogP contribution in [0, 0.1) is 13.8 Å². The van der Waals surface area contributed by atoms with E-state index >= 15 is 0 Å². The zero-order chi connectivity index (χ0) is 17.6. The number of amides is 3. The molecular formula is C19H21N3O3. The SMILES string of the molecule is Cc1noc(C)c1CN1C(=O)N[C@@]2(CCCCc3ccccc32)C1=O. The minimum Gasteiger partial charge on any atom is -0.361 e. The predicted octanol–water partition coefficient (Wildman–Crippen LogP) is 2.97. The van der Waals surface area contributed by atoms with Crippen LogP contribution in [0.4, 0.5) is 4.79 Å². The van der Waals surface area contributed by atoms with Crippen molar-refractivity contribution in [2.24, 2.45) is 0 Å². The van der Waals surface area contributed by atoms with E-state index in [9.17, 15) is 9.59 Å². The minimum absolute atomic E-state index is 0.174. The molecule has 0 radical (unpaired) electrons. The van der Waals surface area contributed by atoms with Crippen molar-refractivity contribution < 1.29 is 14.1 Å². The molecule has 6 nitrogen and oxygen atoms in total. The number of nitrogens with one attached hydrogen (secondary N) is 1. The van der Waals surface area contributed by atoms with E-state index in [4.69, 9.17) is 4.52 Å². The van der Waals surface area contributed by atoms with Gasteiger partial charge >= 0.3 is 6.03 Å². The number of nitrogens with zero attached hydrogens (tertiary/aromatic N) is 2. The number of fused-ring (bicyclic) bond motifs is 2. The van der Waals surface area contributed by atoms with Crippen molar-refractivity contribution in [1.82, 2.24) is 15.4 Å². The first-order valence-corrected chi connectivity index (χ1v) is 8.67. The van der Waals surface area contributed by atoms with E-state index in [1.54, 1.807) is 6.92 Å². The number of rotatable bonds is 2. The molecule has 0 saturated carbocycles. The van der Waals surface area contributed by atoms with Crippen molar-refractivity contribution in [3.63, 3.8) is 0 Å². The van der Waals surface area contributed by atoms with Crippen LogP contribution in [0.1, 0.15) is 47.4 Å². The molecule has 25 heavy (non-hydrogen) atoms. The average molecular weight is 339 g/mol. The third-order valence-electron chi connectivity index (χ3n) is 5.40. The lowest BCUT2D eigenvalue weighted by Crippen LogP contribution is -2.44. The molecule has 1 aromatic carbocycles. The van der Waals surface area contributed by atoms with Gasteiger partial charge in [0.25, 0.3) is 5.91 Å². The summed E-state index contributed by atoms with van der Waals surface area (Å²) in [7, 11) is 0. The number of hydrogen-bond acceptors (Lipinski definition) is 4. The van der Waals surface area contributed by atoms with E-state index in [-0.39, 0.29) is 18.5 Å². The van der Waals surface area contributed by atoms with Gasteiger partial charge in [0.05, 0.1) is 12.2 Å². The highest BCUT2D eigenvalue weighted by Gasteiger charge is 2.53. The van der Waals surface area contributed by atoms with Crippen molar-refractivity contribution in [3.8, 4) is 0 Å². The van der Waals surface area contributed by atoms with E-state index in [1.165, 1.54) is 4.90 Å². The summed E-state index contributed by atoms with van der Waals surface area (Å²) >= 11 is 0. The van der Waals surface area contributed by atoms with Gasteiger partial charge in [0.15, 0.2) is 0 Å². The third kappa shape index (κ3) is 2.35. The topological polar surface area (TPSA) is 75.4 Å². The van der Waals surface area contributed by atoms with Gasteiger partial charge in [-0.15, -0.1) is 0 Å². The number of urea groups is 1. The fourth-order valence-electron chi connectivity index (χ4n) is 4.00. The third-order valence-corrected chi connectivity index (χ3v) is 5.40. The standard InChI is InChI=1S/C19H21N3O3/c1-12-15(13(2)25-21-12)11-22-17(23)19(20-18(22)24)10-6-5-8-14-7-3-4-9-16(14)19/h3-4,7,9H,5-6,8,10-11H2,1-2H3,(H,20,24)/t19-/m1/s1. The monoisotopic (exact) mass is 339 g/mol. The highest BCUT2D eigenvalue weighted by atomic mass is 16.5. The summed E-state index contributed by atoms with van der Waals surface area (Å²) in [4.78, 5) is 27.3. The summed E-state index contributed by atoms with van der Waals surface area (Å²) in [5, 5.41) is 6.92. The molecule has 2 aromatic rings. The highest BCUT2D eigenvalue weighted by Crippen LogP contribution is 2.39.